The van der Waals surface area contributed by atoms with Crippen molar-refractivity contribution in [3.63, 3.8) is 0 Å². The minimum atomic E-state index is 0.240. The molecule has 0 radical (unpaired) electrons. The van der Waals surface area contributed by atoms with Gasteiger partial charge in [0, 0.05) is 25.6 Å². The van der Waals surface area contributed by atoms with Crippen LogP contribution < -0.4 is 0 Å². The Morgan fingerprint density at radius 1 is 1.35 bits per heavy atom. The third-order valence-electron chi connectivity index (χ3n) is 3.36. The summed E-state index contributed by atoms with van der Waals surface area (Å²) in [4.78, 5) is 15.9. The van der Waals surface area contributed by atoms with E-state index in [4.69, 9.17) is 9.26 Å². The number of Topliss-reactive ketones (excluding diaryl/α,β-unsaturated/α-hetero) is 1. The van der Waals surface area contributed by atoms with Crippen LogP contribution in [0.1, 0.15) is 31.0 Å². The number of aromatic nitrogens is 2. The first-order chi connectivity index (χ1) is 8.31. The van der Waals surface area contributed by atoms with E-state index in [1.54, 1.807) is 0 Å². The summed E-state index contributed by atoms with van der Waals surface area (Å²) in [5.41, 5.74) is 0. The SMILES string of the molecule is O=C(Cc1nc(CC2CCOC2)no1)C1CC1. The lowest BCUT2D eigenvalue weighted by molar-refractivity contribution is -0.119. The van der Waals surface area contributed by atoms with Crippen LogP contribution >= 0.6 is 0 Å². The number of hydrogen-bond donors (Lipinski definition) is 0. The lowest BCUT2D eigenvalue weighted by atomic mass is 10.1. The average molecular weight is 236 g/mol. The fraction of sp³-hybridized carbons (Fsp3) is 0.750. The molecule has 2 fully saturated rings. The van der Waals surface area contributed by atoms with Crippen molar-refractivity contribution in [1.29, 1.82) is 0 Å². The van der Waals surface area contributed by atoms with Gasteiger partial charge in [-0.15, -0.1) is 0 Å². The number of hydrogen-bond acceptors (Lipinski definition) is 5. The highest BCUT2D eigenvalue weighted by molar-refractivity contribution is 5.84. The molecule has 0 N–H and O–H groups in total. The zero-order chi connectivity index (χ0) is 11.7. The van der Waals surface area contributed by atoms with Gasteiger partial charge in [-0.05, 0) is 25.2 Å². The largest absolute Gasteiger partial charge is 0.381 e. The molecule has 0 bridgehead atoms. The quantitative estimate of drug-likeness (QED) is 0.767. The van der Waals surface area contributed by atoms with Crippen molar-refractivity contribution in [2.75, 3.05) is 13.2 Å². The molecule has 1 atom stereocenters. The number of rotatable bonds is 5. The first-order valence-electron chi connectivity index (χ1n) is 6.23. The summed E-state index contributed by atoms with van der Waals surface area (Å²) in [5.74, 6) is 2.17. The van der Waals surface area contributed by atoms with Gasteiger partial charge >= 0.3 is 0 Å². The minimum Gasteiger partial charge on any atom is -0.381 e. The van der Waals surface area contributed by atoms with Crippen molar-refractivity contribution in [3.05, 3.63) is 11.7 Å². The molecule has 0 aromatic carbocycles. The van der Waals surface area contributed by atoms with E-state index in [9.17, 15) is 4.79 Å². The monoisotopic (exact) mass is 236 g/mol. The lowest BCUT2D eigenvalue weighted by Gasteiger charge is -2.00. The Labute approximate surface area is 99.5 Å². The summed E-state index contributed by atoms with van der Waals surface area (Å²) in [6.45, 7) is 1.61. The Morgan fingerprint density at radius 2 is 2.24 bits per heavy atom. The number of carbonyl (C=O) groups excluding carboxylic acids is 1. The Bertz CT molecular complexity index is 406. The highest BCUT2D eigenvalue weighted by Gasteiger charge is 2.30. The molecule has 1 aromatic heterocycles. The standard InChI is InChI=1S/C12H16N2O3/c15-10(9-1-2-9)6-12-13-11(14-17-12)5-8-3-4-16-7-8/h8-9H,1-7H2. The summed E-state index contributed by atoms with van der Waals surface area (Å²) < 4.78 is 10.4. The smallest absolute Gasteiger partial charge is 0.234 e. The molecule has 17 heavy (non-hydrogen) atoms. The number of nitrogens with zero attached hydrogens (tertiary/aromatic N) is 2. The predicted molar refractivity (Wildman–Crippen MR) is 58.4 cm³/mol. The molecule has 5 heteroatoms. The molecule has 1 aromatic rings. The second-order valence-electron chi connectivity index (χ2n) is 4.96. The van der Waals surface area contributed by atoms with Crippen LogP contribution in [0.4, 0.5) is 0 Å². The second-order valence-corrected chi connectivity index (χ2v) is 4.96. The van der Waals surface area contributed by atoms with Crippen LogP contribution in [0.25, 0.3) is 0 Å². The van der Waals surface area contributed by atoms with Crippen molar-refractivity contribution in [3.8, 4) is 0 Å². The maximum atomic E-state index is 11.6. The van der Waals surface area contributed by atoms with Crippen LogP contribution in [0, 0.1) is 11.8 Å². The predicted octanol–water partition coefficient (Wildman–Crippen LogP) is 1.17. The van der Waals surface area contributed by atoms with Crippen LogP contribution in [0.15, 0.2) is 4.52 Å². The molecular formula is C12H16N2O3. The average Bonchev–Trinajstić information content (AvgIpc) is 2.89. The number of carbonyl (C=O) groups is 1. The highest BCUT2D eigenvalue weighted by atomic mass is 16.5. The molecule has 3 rings (SSSR count). The van der Waals surface area contributed by atoms with Crippen molar-refractivity contribution in [2.24, 2.45) is 11.8 Å². The van der Waals surface area contributed by atoms with Gasteiger partial charge in [0.1, 0.15) is 5.78 Å². The third kappa shape index (κ3) is 2.72. The molecule has 1 aliphatic heterocycles. The molecule has 1 unspecified atom stereocenters. The Morgan fingerprint density at radius 3 is 2.94 bits per heavy atom. The molecule has 2 heterocycles. The lowest BCUT2D eigenvalue weighted by Crippen LogP contribution is -2.06. The van der Waals surface area contributed by atoms with Gasteiger partial charge in [0.05, 0.1) is 6.42 Å². The summed E-state index contributed by atoms with van der Waals surface area (Å²) in [7, 11) is 0. The Hall–Kier alpha value is -1.23. The number of ether oxygens (including phenoxy) is 1. The van der Waals surface area contributed by atoms with E-state index in [0.29, 0.717) is 24.1 Å². The zero-order valence-corrected chi connectivity index (χ0v) is 9.72. The van der Waals surface area contributed by atoms with E-state index < -0.39 is 0 Å². The van der Waals surface area contributed by atoms with Crippen molar-refractivity contribution >= 4 is 5.78 Å². The van der Waals surface area contributed by atoms with Crippen LogP contribution in [0.5, 0.6) is 0 Å². The van der Waals surface area contributed by atoms with Gasteiger partial charge in [0.25, 0.3) is 0 Å². The van der Waals surface area contributed by atoms with Gasteiger partial charge in [-0.25, -0.2) is 0 Å². The highest BCUT2D eigenvalue weighted by Crippen LogP contribution is 2.30. The van der Waals surface area contributed by atoms with Crippen LogP contribution in [-0.4, -0.2) is 29.1 Å². The van der Waals surface area contributed by atoms with E-state index in [1.807, 2.05) is 0 Å². The molecule has 92 valence electrons. The first kappa shape index (κ1) is 10.9. The zero-order valence-electron chi connectivity index (χ0n) is 9.72. The van der Waals surface area contributed by atoms with Gasteiger partial charge < -0.3 is 9.26 Å². The maximum absolute atomic E-state index is 11.6. The molecule has 0 amide bonds. The molecule has 1 aliphatic carbocycles. The van der Waals surface area contributed by atoms with Gasteiger partial charge in [-0.3, -0.25) is 4.79 Å². The van der Waals surface area contributed by atoms with Gasteiger partial charge in [-0.1, -0.05) is 5.16 Å². The van der Waals surface area contributed by atoms with E-state index in [2.05, 4.69) is 10.1 Å². The third-order valence-corrected chi connectivity index (χ3v) is 3.36. The van der Waals surface area contributed by atoms with Gasteiger partial charge in [0.15, 0.2) is 5.82 Å². The Kier molecular flexibility index (Phi) is 2.93. The first-order valence-corrected chi connectivity index (χ1v) is 6.23. The summed E-state index contributed by atoms with van der Waals surface area (Å²) in [6.07, 6.45) is 4.21. The summed E-state index contributed by atoms with van der Waals surface area (Å²) >= 11 is 0. The van der Waals surface area contributed by atoms with Crippen molar-refractivity contribution in [1.82, 2.24) is 10.1 Å². The topological polar surface area (TPSA) is 65.2 Å². The van der Waals surface area contributed by atoms with E-state index >= 15 is 0 Å². The van der Waals surface area contributed by atoms with E-state index in [0.717, 1.165) is 38.9 Å². The van der Waals surface area contributed by atoms with Gasteiger partial charge in [-0.2, -0.15) is 4.98 Å². The van der Waals surface area contributed by atoms with Crippen LogP contribution in [-0.2, 0) is 22.4 Å². The molecule has 1 saturated carbocycles. The van der Waals surface area contributed by atoms with Crippen LogP contribution in [0.2, 0.25) is 0 Å². The second kappa shape index (κ2) is 4.56. The molecule has 2 aliphatic rings. The van der Waals surface area contributed by atoms with E-state index in [-0.39, 0.29) is 11.7 Å². The molecule has 1 saturated heterocycles. The summed E-state index contributed by atoms with van der Waals surface area (Å²) in [5, 5.41) is 3.92. The summed E-state index contributed by atoms with van der Waals surface area (Å²) in [6, 6.07) is 0. The Balaban J connectivity index is 1.55. The van der Waals surface area contributed by atoms with Gasteiger partial charge in [0.2, 0.25) is 5.89 Å². The number of ketones is 1. The minimum absolute atomic E-state index is 0.240. The normalized spacial score (nSPS) is 24.1. The molecule has 5 nitrogen and oxygen atoms in total. The molecule has 0 spiro atoms. The van der Waals surface area contributed by atoms with Crippen LogP contribution in [0.3, 0.4) is 0 Å². The van der Waals surface area contributed by atoms with Crippen molar-refractivity contribution in [2.45, 2.75) is 32.1 Å². The molecular weight excluding hydrogens is 220 g/mol. The fourth-order valence-corrected chi connectivity index (χ4v) is 2.15. The maximum Gasteiger partial charge on any atom is 0.234 e. The fourth-order valence-electron chi connectivity index (χ4n) is 2.15. The van der Waals surface area contributed by atoms with Crippen molar-refractivity contribution < 1.29 is 14.1 Å². The van der Waals surface area contributed by atoms with E-state index in [1.165, 1.54) is 0 Å².